The minimum absolute atomic E-state index is 0.0776. The summed E-state index contributed by atoms with van der Waals surface area (Å²) in [5, 5.41) is 13.5. The average Bonchev–Trinajstić information content (AvgIpc) is 2.46. The Morgan fingerprint density at radius 2 is 2.20 bits per heavy atom. The molecule has 0 saturated carbocycles. The van der Waals surface area contributed by atoms with Gasteiger partial charge in [0.25, 0.3) is 5.69 Å². The lowest BCUT2D eigenvalue weighted by Crippen LogP contribution is -2.46. The van der Waals surface area contributed by atoms with Gasteiger partial charge in [-0.3, -0.25) is 14.9 Å². The lowest BCUT2D eigenvalue weighted by molar-refractivity contribution is -0.385. The maximum absolute atomic E-state index is 11.7. The predicted molar refractivity (Wildman–Crippen MR) is 71.1 cm³/mol. The fraction of sp³-hybridized carbons (Fsp3) is 0.500. The molecule has 2 rings (SSSR count). The van der Waals surface area contributed by atoms with Gasteiger partial charge in [-0.15, -0.1) is 0 Å². The number of ether oxygens (including phenoxy) is 1. The molecule has 0 aliphatic carbocycles. The van der Waals surface area contributed by atoms with Crippen molar-refractivity contribution < 1.29 is 14.5 Å². The summed E-state index contributed by atoms with van der Waals surface area (Å²) >= 11 is 0. The Bertz CT molecular complexity index is 497. The Kier molecular flexibility index (Phi) is 4.14. The Morgan fingerprint density at radius 1 is 1.50 bits per heavy atom. The lowest BCUT2D eigenvalue weighted by Gasteiger charge is -2.34. The molecule has 1 saturated heterocycles. The van der Waals surface area contributed by atoms with Crippen LogP contribution in [0.4, 0.5) is 11.5 Å². The van der Waals surface area contributed by atoms with Crippen molar-refractivity contribution in [1.82, 2.24) is 4.98 Å². The first-order chi connectivity index (χ1) is 9.53. The topological polar surface area (TPSA) is 120 Å². The second-order valence-electron chi connectivity index (χ2n) is 4.77. The van der Waals surface area contributed by atoms with E-state index in [2.05, 4.69) is 10.3 Å². The third-order valence-electron chi connectivity index (χ3n) is 3.54. The van der Waals surface area contributed by atoms with Gasteiger partial charge in [-0.25, -0.2) is 4.98 Å². The number of hydrogen-bond donors (Lipinski definition) is 2. The number of amides is 1. The van der Waals surface area contributed by atoms with Gasteiger partial charge in [0.2, 0.25) is 5.91 Å². The SMILES string of the molecule is NC(=O)C1(CNc2ccc([N+](=O)[O-])cn2)CCOCC1. The molecule has 108 valence electrons. The molecule has 3 N–H and O–H groups in total. The van der Waals surface area contributed by atoms with Crippen LogP contribution in [0, 0.1) is 15.5 Å². The number of pyridine rings is 1. The number of anilines is 1. The van der Waals surface area contributed by atoms with E-state index in [9.17, 15) is 14.9 Å². The summed E-state index contributed by atoms with van der Waals surface area (Å²) in [4.78, 5) is 25.6. The number of nitrogens with two attached hydrogens (primary N) is 1. The van der Waals surface area contributed by atoms with Crippen molar-refractivity contribution in [3.05, 3.63) is 28.4 Å². The molecular weight excluding hydrogens is 264 g/mol. The number of aromatic nitrogens is 1. The number of rotatable bonds is 5. The van der Waals surface area contributed by atoms with E-state index in [1.807, 2.05) is 0 Å². The van der Waals surface area contributed by atoms with E-state index in [0.29, 0.717) is 38.4 Å². The van der Waals surface area contributed by atoms with E-state index in [1.165, 1.54) is 18.3 Å². The lowest BCUT2D eigenvalue weighted by atomic mass is 9.79. The first-order valence-corrected chi connectivity index (χ1v) is 6.25. The van der Waals surface area contributed by atoms with Crippen LogP contribution in [0.1, 0.15) is 12.8 Å². The van der Waals surface area contributed by atoms with Crippen molar-refractivity contribution in [3.63, 3.8) is 0 Å². The third kappa shape index (κ3) is 3.02. The number of nitrogens with one attached hydrogen (secondary N) is 1. The standard InChI is InChI=1S/C12H16N4O4/c13-11(17)12(3-5-20-6-4-12)8-15-10-2-1-9(7-14-10)16(18)19/h1-2,7H,3-6,8H2,(H2,13,17)(H,14,15). The van der Waals surface area contributed by atoms with Crippen LogP contribution in [0.3, 0.4) is 0 Å². The minimum atomic E-state index is -0.651. The molecule has 2 heterocycles. The summed E-state index contributed by atoms with van der Waals surface area (Å²) in [5.74, 6) is 0.109. The Hall–Kier alpha value is -2.22. The molecule has 1 aliphatic heterocycles. The van der Waals surface area contributed by atoms with E-state index >= 15 is 0 Å². The molecule has 8 heteroatoms. The average molecular weight is 280 g/mol. The number of nitrogens with zero attached hydrogens (tertiary/aromatic N) is 2. The first-order valence-electron chi connectivity index (χ1n) is 6.25. The highest BCUT2D eigenvalue weighted by molar-refractivity contribution is 5.81. The fourth-order valence-electron chi connectivity index (χ4n) is 2.13. The molecule has 20 heavy (non-hydrogen) atoms. The normalized spacial score (nSPS) is 17.4. The maximum atomic E-state index is 11.7. The van der Waals surface area contributed by atoms with Gasteiger partial charge in [-0.2, -0.15) is 0 Å². The summed E-state index contributed by atoms with van der Waals surface area (Å²) in [7, 11) is 0. The van der Waals surface area contributed by atoms with Gasteiger partial charge in [0.1, 0.15) is 12.0 Å². The van der Waals surface area contributed by atoms with Crippen LogP contribution < -0.4 is 11.1 Å². The Morgan fingerprint density at radius 3 is 2.70 bits per heavy atom. The van der Waals surface area contributed by atoms with Crippen LogP contribution in [0.5, 0.6) is 0 Å². The van der Waals surface area contributed by atoms with Gasteiger partial charge in [-0.1, -0.05) is 0 Å². The summed E-state index contributed by atoms with van der Waals surface area (Å²) < 4.78 is 5.24. The molecule has 0 atom stereocenters. The van der Waals surface area contributed by atoms with E-state index < -0.39 is 10.3 Å². The van der Waals surface area contributed by atoms with Crippen LogP contribution in [-0.2, 0) is 9.53 Å². The van der Waals surface area contributed by atoms with Gasteiger partial charge in [0.15, 0.2) is 0 Å². The van der Waals surface area contributed by atoms with Crippen LogP contribution in [0.2, 0.25) is 0 Å². The van der Waals surface area contributed by atoms with E-state index in [1.54, 1.807) is 0 Å². The van der Waals surface area contributed by atoms with Gasteiger partial charge >= 0.3 is 0 Å². The number of hydrogen-bond acceptors (Lipinski definition) is 6. The molecule has 0 unspecified atom stereocenters. The summed E-state index contributed by atoms with van der Waals surface area (Å²) in [5.41, 5.74) is 4.76. The zero-order valence-electron chi connectivity index (χ0n) is 10.9. The van der Waals surface area contributed by atoms with Crippen molar-refractivity contribution in [2.75, 3.05) is 25.1 Å². The van der Waals surface area contributed by atoms with E-state index in [0.717, 1.165) is 0 Å². The number of nitro groups is 1. The van der Waals surface area contributed by atoms with Gasteiger partial charge < -0.3 is 15.8 Å². The zero-order chi connectivity index (χ0) is 14.6. The molecule has 1 aromatic rings. The smallest absolute Gasteiger partial charge is 0.287 e. The van der Waals surface area contributed by atoms with Gasteiger partial charge in [0, 0.05) is 25.8 Å². The number of carbonyl (C=O) groups excluding carboxylic acids is 1. The van der Waals surface area contributed by atoms with E-state index in [4.69, 9.17) is 10.5 Å². The minimum Gasteiger partial charge on any atom is -0.381 e. The molecular formula is C12H16N4O4. The number of primary amides is 1. The van der Waals surface area contributed by atoms with Crippen molar-refractivity contribution in [1.29, 1.82) is 0 Å². The summed E-state index contributed by atoms with van der Waals surface area (Å²) in [6.07, 6.45) is 2.29. The second-order valence-corrected chi connectivity index (χ2v) is 4.77. The van der Waals surface area contributed by atoms with Crippen molar-refractivity contribution in [2.45, 2.75) is 12.8 Å². The highest BCUT2D eigenvalue weighted by Crippen LogP contribution is 2.30. The molecule has 1 fully saturated rings. The van der Waals surface area contributed by atoms with Crippen LogP contribution >= 0.6 is 0 Å². The molecule has 1 aliphatic rings. The Balaban J connectivity index is 2.02. The fourth-order valence-corrected chi connectivity index (χ4v) is 2.13. The molecule has 8 nitrogen and oxygen atoms in total. The summed E-state index contributed by atoms with van der Waals surface area (Å²) in [6, 6.07) is 2.86. The monoisotopic (exact) mass is 280 g/mol. The molecule has 0 spiro atoms. The van der Waals surface area contributed by atoms with Crippen molar-refractivity contribution >= 4 is 17.4 Å². The van der Waals surface area contributed by atoms with Crippen LogP contribution in [-0.4, -0.2) is 35.6 Å². The number of carbonyl (C=O) groups is 1. The molecule has 1 aromatic heterocycles. The summed E-state index contributed by atoms with van der Waals surface area (Å²) in [6.45, 7) is 1.34. The van der Waals surface area contributed by atoms with Crippen LogP contribution in [0.15, 0.2) is 18.3 Å². The molecule has 0 bridgehead atoms. The predicted octanol–water partition coefficient (Wildman–Crippen LogP) is 0.684. The molecule has 0 aromatic carbocycles. The zero-order valence-corrected chi connectivity index (χ0v) is 10.9. The highest BCUT2D eigenvalue weighted by atomic mass is 16.6. The van der Waals surface area contributed by atoms with Crippen molar-refractivity contribution in [2.24, 2.45) is 11.1 Å². The second kappa shape index (κ2) is 5.83. The van der Waals surface area contributed by atoms with E-state index in [-0.39, 0.29) is 11.6 Å². The van der Waals surface area contributed by atoms with Crippen molar-refractivity contribution in [3.8, 4) is 0 Å². The molecule has 0 radical (unpaired) electrons. The van der Waals surface area contributed by atoms with Gasteiger partial charge in [0.05, 0.1) is 10.3 Å². The third-order valence-corrected chi connectivity index (χ3v) is 3.54. The Labute approximate surface area is 115 Å². The maximum Gasteiger partial charge on any atom is 0.287 e. The highest BCUT2D eigenvalue weighted by Gasteiger charge is 2.38. The van der Waals surface area contributed by atoms with Crippen LogP contribution in [0.25, 0.3) is 0 Å². The quantitative estimate of drug-likeness (QED) is 0.604. The first kappa shape index (κ1) is 14.2. The molecule has 1 amide bonds. The van der Waals surface area contributed by atoms with Gasteiger partial charge in [-0.05, 0) is 18.9 Å². The largest absolute Gasteiger partial charge is 0.381 e.